The predicted molar refractivity (Wildman–Crippen MR) is 75.5 cm³/mol. The number of benzene rings is 1. The fourth-order valence-corrected chi connectivity index (χ4v) is 2.44. The van der Waals surface area contributed by atoms with E-state index in [2.05, 4.69) is 50.7 Å². The second-order valence-corrected chi connectivity index (χ2v) is 5.13. The van der Waals surface area contributed by atoms with Crippen molar-refractivity contribution in [3.8, 4) is 0 Å². The third-order valence-electron chi connectivity index (χ3n) is 3.27. The first-order valence-electron chi connectivity index (χ1n) is 6.29. The van der Waals surface area contributed by atoms with Gasteiger partial charge in [-0.1, -0.05) is 17.2 Å². The van der Waals surface area contributed by atoms with E-state index in [0.29, 0.717) is 0 Å². The molecule has 0 spiro atoms. The SMILES string of the molecule is C=C(C)CCCc1c[nH]c2c(C)cc(C)cc12. The van der Waals surface area contributed by atoms with Crippen LogP contribution in [-0.4, -0.2) is 4.98 Å². The molecule has 1 N–H and O–H groups in total. The van der Waals surface area contributed by atoms with Gasteiger partial charge in [-0.2, -0.15) is 0 Å². The van der Waals surface area contributed by atoms with Crippen molar-refractivity contribution in [2.45, 2.75) is 40.0 Å². The average Bonchev–Trinajstić information content (AvgIpc) is 2.61. The molecule has 0 saturated heterocycles. The van der Waals surface area contributed by atoms with Crippen LogP contribution in [0.1, 0.15) is 36.5 Å². The maximum absolute atomic E-state index is 3.96. The van der Waals surface area contributed by atoms with Crippen molar-refractivity contribution in [3.05, 3.63) is 47.2 Å². The molecule has 0 fully saturated rings. The molecule has 0 amide bonds. The molecule has 0 saturated carbocycles. The number of hydrogen-bond acceptors (Lipinski definition) is 0. The molecule has 0 radical (unpaired) electrons. The minimum absolute atomic E-state index is 1.12. The fourth-order valence-electron chi connectivity index (χ4n) is 2.44. The highest BCUT2D eigenvalue weighted by atomic mass is 14.7. The van der Waals surface area contributed by atoms with E-state index in [9.17, 15) is 0 Å². The molecule has 17 heavy (non-hydrogen) atoms. The van der Waals surface area contributed by atoms with E-state index in [-0.39, 0.29) is 0 Å². The molecule has 1 heteroatoms. The van der Waals surface area contributed by atoms with Crippen molar-refractivity contribution in [2.24, 2.45) is 0 Å². The van der Waals surface area contributed by atoms with Gasteiger partial charge in [-0.3, -0.25) is 0 Å². The minimum atomic E-state index is 1.12. The van der Waals surface area contributed by atoms with Gasteiger partial charge in [0, 0.05) is 17.1 Å². The topological polar surface area (TPSA) is 15.8 Å². The van der Waals surface area contributed by atoms with Gasteiger partial charge < -0.3 is 4.98 Å². The van der Waals surface area contributed by atoms with Crippen molar-refractivity contribution in [2.75, 3.05) is 0 Å². The number of aryl methyl sites for hydroxylation is 3. The Morgan fingerprint density at radius 1 is 1.29 bits per heavy atom. The molecule has 1 heterocycles. The number of H-pyrrole nitrogens is 1. The molecule has 0 aliphatic heterocycles. The minimum Gasteiger partial charge on any atom is -0.361 e. The molecule has 1 aromatic heterocycles. The standard InChI is InChI=1S/C16H21N/c1-11(2)6-5-7-14-10-17-16-13(4)8-12(3)9-15(14)16/h8-10,17H,1,5-7H2,2-4H3. The molecule has 90 valence electrons. The van der Waals surface area contributed by atoms with Gasteiger partial charge in [0.25, 0.3) is 0 Å². The van der Waals surface area contributed by atoms with Crippen LogP contribution in [0.5, 0.6) is 0 Å². The Kier molecular flexibility index (Phi) is 3.37. The zero-order chi connectivity index (χ0) is 12.4. The van der Waals surface area contributed by atoms with Gasteiger partial charge in [0.05, 0.1) is 0 Å². The predicted octanol–water partition coefficient (Wildman–Crippen LogP) is 4.68. The van der Waals surface area contributed by atoms with Crippen LogP contribution in [0.4, 0.5) is 0 Å². The summed E-state index contributed by atoms with van der Waals surface area (Å²) >= 11 is 0. The lowest BCUT2D eigenvalue weighted by Gasteiger charge is -2.03. The van der Waals surface area contributed by atoms with Crippen LogP contribution in [0.15, 0.2) is 30.5 Å². The zero-order valence-electron chi connectivity index (χ0n) is 11.1. The lowest BCUT2D eigenvalue weighted by Crippen LogP contribution is -1.86. The molecule has 2 rings (SSSR count). The lowest BCUT2D eigenvalue weighted by molar-refractivity contribution is 0.818. The van der Waals surface area contributed by atoms with Crippen molar-refractivity contribution in [1.82, 2.24) is 4.98 Å². The molecule has 1 aromatic carbocycles. The summed E-state index contributed by atoms with van der Waals surface area (Å²) in [6.07, 6.45) is 5.61. The molecular formula is C16H21N. The molecule has 1 nitrogen and oxygen atoms in total. The summed E-state index contributed by atoms with van der Waals surface area (Å²) in [6.45, 7) is 10.4. The van der Waals surface area contributed by atoms with E-state index in [1.807, 2.05) is 0 Å². The summed E-state index contributed by atoms with van der Waals surface area (Å²) in [5.41, 5.74) is 6.69. The van der Waals surface area contributed by atoms with Gasteiger partial charge in [-0.05, 0) is 57.2 Å². The van der Waals surface area contributed by atoms with Crippen molar-refractivity contribution < 1.29 is 0 Å². The highest BCUT2D eigenvalue weighted by molar-refractivity contribution is 5.86. The van der Waals surface area contributed by atoms with Crippen molar-refractivity contribution in [1.29, 1.82) is 0 Å². The monoisotopic (exact) mass is 227 g/mol. The van der Waals surface area contributed by atoms with Crippen LogP contribution < -0.4 is 0 Å². The first kappa shape index (κ1) is 12.0. The Bertz CT molecular complexity index is 546. The highest BCUT2D eigenvalue weighted by Crippen LogP contribution is 2.24. The molecule has 0 aliphatic rings. The number of allylic oxidation sites excluding steroid dienone is 1. The largest absolute Gasteiger partial charge is 0.361 e. The van der Waals surface area contributed by atoms with Gasteiger partial charge in [-0.25, -0.2) is 0 Å². The number of nitrogens with one attached hydrogen (secondary N) is 1. The Morgan fingerprint density at radius 3 is 2.76 bits per heavy atom. The van der Waals surface area contributed by atoms with Crippen LogP contribution in [0, 0.1) is 13.8 Å². The third kappa shape index (κ3) is 2.60. The number of fused-ring (bicyclic) bond motifs is 1. The van der Waals surface area contributed by atoms with Crippen LogP contribution in [-0.2, 0) is 6.42 Å². The Labute approximate surface area is 104 Å². The Balaban J connectivity index is 2.26. The van der Waals surface area contributed by atoms with E-state index in [1.54, 1.807) is 0 Å². The first-order valence-corrected chi connectivity index (χ1v) is 6.29. The quantitative estimate of drug-likeness (QED) is 0.730. The maximum Gasteiger partial charge on any atom is 0.0486 e. The van der Waals surface area contributed by atoms with E-state index in [0.717, 1.165) is 12.8 Å². The summed E-state index contributed by atoms with van der Waals surface area (Å²) in [5.74, 6) is 0. The fraction of sp³-hybridized carbons (Fsp3) is 0.375. The Hall–Kier alpha value is -1.50. The van der Waals surface area contributed by atoms with Crippen molar-refractivity contribution in [3.63, 3.8) is 0 Å². The molecule has 0 bridgehead atoms. The molecule has 2 aromatic rings. The van der Waals surface area contributed by atoms with E-state index >= 15 is 0 Å². The maximum atomic E-state index is 3.96. The number of aromatic nitrogens is 1. The second kappa shape index (κ2) is 4.79. The lowest BCUT2D eigenvalue weighted by atomic mass is 10.0. The molecule has 0 atom stereocenters. The summed E-state index contributed by atoms with van der Waals surface area (Å²) in [5, 5.41) is 1.39. The molecule has 0 aliphatic carbocycles. The smallest absolute Gasteiger partial charge is 0.0486 e. The van der Waals surface area contributed by atoms with Crippen LogP contribution in [0.2, 0.25) is 0 Å². The van der Waals surface area contributed by atoms with Gasteiger partial charge >= 0.3 is 0 Å². The summed E-state index contributed by atoms with van der Waals surface area (Å²) in [4.78, 5) is 3.40. The molecule has 0 unspecified atom stereocenters. The first-order chi connectivity index (χ1) is 8.08. The molecular weight excluding hydrogens is 206 g/mol. The zero-order valence-corrected chi connectivity index (χ0v) is 11.1. The third-order valence-corrected chi connectivity index (χ3v) is 3.27. The highest BCUT2D eigenvalue weighted by Gasteiger charge is 2.06. The van der Waals surface area contributed by atoms with Crippen LogP contribution in [0.3, 0.4) is 0 Å². The summed E-state index contributed by atoms with van der Waals surface area (Å²) in [7, 11) is 0. The van der Waals surface area contributed by atoms with Crippen LogP contribution >= 0.6 is 0 Å². The second-order valence-electron chi connectivity index (χ2n) is 5.13. The summed E-state index contributed by atoms with van der Waals surface area (Å²) < 4.78 is 0. The van der Waals surface area contributed by atoms with Gasteiger partial charge in [0.1, 0.15) is 0 Å². The van der Waals surface area contributed by atoms with Gasteiger partial charge in [0.15, 0.2) is 0 Å². The number of aromatic amines is 1. The number of hydrogen-bond donors (Lipinski definition) is 1. The van der Waals surface area contributed by atoms with Gasteiger partial charge in [-0.15, -0.1) is 6.58 Å². The number of rotatable bonds is 4. The van der Waals surface area contributed by atoms with E-state index in [4.69, 9.17) is 0 Å². The van der Waals surface area contributed by atoms with E-state index < -0.39 is 0 Å². The van der Waals surface area contributed by atoms with Gasteiger partial charge in [0.2, 0.25) is 0 Å². The normalized spacial score (nSPS) is 11.0. The summed E-state index contributed by atoms with van der Waals surface area (Å²) in [6, 6.07) is 4.52. The van der Waals surface area contributed by atoms with Crippen LogP contribution in [0.25, 0.3) is 10.9 Å². The van der Waals surface area contributed by atoms with Crippen molar-refractivity contribution >= 4 is 10.9 Å². The van der Waals surface area contributed by atoms with E-state index in [1.165, 1.54) is 39.6 Å². The average molecular weight is 227 g/mol. The Morgan fingerprint density at radius 2 is 2.06 bits per heavy atom.